The van der Waals surface area contributed by atoms with Crippen molar-refractivity contribution in [3.63, 3.8) is 0 Å². The molecule has 0 spiro atoms. The highest BCUT2D eigenvalue weighted by molar-refractivity contribution is 5.79. The SMILES string of the molecule is Cc1nn(CC(C)C)c(C)c1CC(=O)N1CCN(Cc2ccccc2)CC1. The lowest BCUT2D eigenvalue weighted by atomic mass is 10.1. The zero-order valence-electron chi connectivity index (χ0n) is 17.1. The first kappa shape index (κ1) is 19.6. The number of benzene rings is 1. The molecule has 146 valence electrons. The summed E-state index contributed by atoms with van der Waals surface area (Å²) >= 11 is 0. The third-order valence-corrected chi connectivity index (χ3v) is 5.37. The summed E-state index contributed by atoms with van der Waals surface area (Å²) in [5, 5.41) is 4.65. The van der Waals surface area contributed by atoms with E-state index < -0.39 is 0 Å². The highest BCUT2D eigenvalue weighted by atomic mass is 16.2. The first-order valence-corrected chi connectivity index (χ1v) is 10.0. The average Bonchev–Trinajstić information content (AvgIpc) is 2.90. The lowest BCUT2D eigenvalue weighted by molar-refractivity contribution is -0.132. The van der Waals surface area contributed by atoms with Crippen LogP contribution in [0.1, 0.15) is 36.4 Å². The van der Waals surface area contributed by atoms with Gasteiger partial charge in [-0.25, -0.2) is 0 Å². The number of rotatable bonds is 6. The number of hydrogen-bond donors (Lipinski definition) is 0. The van der Waals surface area contributed by atoms with Crippen LogP contribution < -0.4 is 0 Å². The molecular formula is C22H32N4O. The van der Waals surface area contributed by atoms with Crippen LogP contribution >= 0.6 is 0 Å². The number of carbonyl (C=O) groups excluding carboxylic acids is 1. The zero-order valence-corrected chi connectivity index (χ0v) is 17.1. The highest BCUT2D eigenvalue weighted by Crippen LogP contribution is 2.17. The molecular weight excluding hydrogens is 336 g/mol. The second-order valence-electron chi connectivity index (χ2n) is 8.04. The topological polar surface area (TPSA) is 41.4 Å². The van der Waals surface area contributed by atoms with Gasteiger partial charge in [0.1, 0.15) is 0 Å². The summed E-state index contributed by atoms with van der Waals surface area (Å²) in [4.78, 5) is 17.3. The van der Waals surface area contributed by atoms with Gasteiger partial charge in [0.2, 0.25) is 5.91 Å². The Morgan fingerprint density at radius 1 is 1.07 bits per heavy atom. The van der Waals surface area contributed by atoms with Crippen LogP contribution in [0.3, 0.4) is 0 Å². The molecule has 0 unspecified atom stereocenters. The van der Waals surface area contributed by atoms with Gasteiger partial charge < -0.3 is 4.90 Å². The molecule has 27 heavy (non-hydrogen) atoms. The van der Waals surface area contributed by atoms with E-state index in [4.69, 9.17) is 0 Å². The monoisotopic (exact) mass is 368 g/mol. The van der Waals surface area contributed by atoms with E-state index in [1.165, 1.54) is 5.56 Å². The minimum Gasteiger partial charge on any atom is -0.340 e. The van der Waals surface area contributed by atoms with Crippen molar-refractivity contribution in [3.05, 3.63) is 52.8 Å². The Labute approximate surface area is 163 Å². The minimum absolute atomic E-state index is 0.227. The molecule has 0 saturated carbocycles. The van der Waals surface area contributed by atoms with Crippen LogP contribution in [0, 0.1) is 19.8 Å². The number of aromatic nitrogens is 2. The van der Waals surface area contributed by atoms with E-state index in [0.717, 1.165) is 56.2 Å². The molecule has 1 saturated heterocycles. The van der Waals surface area contributed by atoms with Gasteiger partial charge in [0.25, 0.3) is 0 Å². The Morgan fingerprint density at radius 2 is 1.74 bits per heavy atom. The lowest BCUT2D eigenvalue weighted by Gasteiger charge is -2.34. The second kappa shape index (κ2) is 8.70. The molecule has 5 nitrogen and oxygen atoms in total. The summed E-state index contributed by atoms with van der Waals surface area (Å²) in [6.07, 6.45) is 0.467. The van der Waals surface area contributed by atoms with Gasteiger partial charge >= 0.3 is 0 Å². The molecule has 5 heteroatoms. The summed E-state index contributed by atoms with van der Waals surface area (Å²) < 4.78 is 2.06. The quantitative estimate of drug-likeness (QED) is 0.787. The number of hydrogen-bond acceptors (Lipinski definition) is 3. The van der Waals surface area contributed by atoms with E-state index in [1.807, 2.05) is 17.9 Å². The smallest absolute Gasteiger partial charge is 0.227 e. The molecule has 3 rings (SSSR count). The summed E-state index contributed by atoms with van der Waals surface area (Å²) in [5.74, 6) is 0.772. The third kappa shape index (κ3) is 4.98. The molecule has 0 bridgehead atoms. The van der Waals surface area contributed by atoms with Gasteiger partial charge in [-0.3, -0.25) is 14.4 Å². The highest BCUT2D eigenvalue weighted by Gasteiger charge is 2.23. The van der Waals surface area contributed by atoms with E-state index in [9.17, 15) is 4.79 Å². The number of aryl methyl sites for hydroxylation is 1. The molecule has 1 amide bonds. The van der Waals surface area contributed by atoms with Crippen molar-refractivity contribution in [2.24, 2.45) is 5.92 Å². The first-order chi connectivity index (χ1) is 12.9. The number of amides is 1. The summed E-state index contributed by atoms with van der Waals surface area (Å²) in [6, 6.07) is 10.5. The van der Waals surface area contributed by atoms with Crippen LogP contribution in [0.5, 0.6) is 0 Å². The fourth-order valence-electron chi connectivity index (χ4n) is 3.77. The Hall–Kier alpha value is -2.14. The van der Waals surface area contributed by atoms with Crippen LogP contribution in [-0.4, -0.2) is 51.7 Å². The van der Waals surface area contributed by atoms with Gasteiger partial charge in [0, 0.05) is 50.5 Å². The van der Waals surface area contributed by atoms with E-state index in [-0.39, 0.29) is 5.91 Å². The van der Waals surface area contributed by atoms with Crippen molar-refractivity contribution in [1.29, 1.82) is 0 Å². The third-order valence-electron chi connectivity index (χ3n) is 5.37. The minimum atomic E-state index is 0.227. The molecule has 2 heterocycles. The van der Waals surface area contributed by atoms with E-state index in [2.05, 4.69) is 59.7 Å². The van der Waals surface area contributed by atoms with Crippen molar-refractivity contribution in [2.45, 2.75) is 47.2 Å². The molecule has 0 atom stereocenters. The molecule has 0 aliphatic carbocycles. The summed E-state index contributed by atoms with van der Waals surface area (Å²) in [7, 11) is 0. The van der Waals surface area contributed by atoms with Gasteiger partial charge in [0.05, 0.1) is 12.1 Å². The van der Waals surface area contributed by atoms with Crippen LogP contribution in [0.4, 0.5) is 0 Å². The Kier molecular flexibility index (Phi) is 6.32. The molecule has 1 fully saturated rings. The standard InChI is InChI=1S/C22H32N4O/c1-17(2)15-26-19(4)21(18(3)23-26)14-22(27)25-12-10-24(11-13-25)16-20-8-6-5-7-9-20/h5-9,17H,10-16H2,1-4H3. The molecule has 1 aromatic heterocycles. The number of piperazine rings is 1. The van der Waals surface area contributed by atoms with Gasteiger partial charge in [-0.15, -0.1) is 0 Å². The fourth-order valence-corrected chi connectivity index (χ4v) is 3.77. The lowest BCUT2D eigenvalue weighted by Crippen LogP contribution is -2.48. The molecule has 0 radical (unpaired) electrons. The predicted octanol–water partition coefficient (Wildman–Crippen LogP) is 3.04. The van der Waals surface area contributed by atoms with Gasteiger partial charge in [-0.05, 0) is 25.3 Å². The van der Waals surface area contributed by atoms with E-state index in [1.54, 1.807) is 0 Å². The van der Waals surface area contributed by atoms with E-state index >= 15 is 0 Å². The maximum absolute atomic E-state index is 12.8. The van der Waals surface area contributed by atoms with Crippen molar-refractivity contribution in [3.8, 4) is 0 Å². The van der Waals surface area contributed by atoms with Crippen LogP contribution in [0.2, 0.25) is 0 Å². The van der Waals surface area contributed by atoms with Crippen LogP contribution in [0.15, 0.2) is 30.3 Å². The molecule has 1 aliphatic rings. The predicted molar refractivity (Wildman–Crippen MR) is 109 cm³/mol. The van der Waals surface area contributed by atoms with Crippen molar-refractivity contribution in [1.82, 2.24) is 19.6 Å². The van der Waals surface area contributed by atoms with Crippen LogP contribution in [0.25, 0.3) is 0 Å². The van der Waals surface area contributed by atoms with Crippen molar-refractivity contribution < 1.29 is 4.79 Å². The van der Waals surface area contributed by atoms with Crippen molar-refractivity contribution >= 4 is 5.91 Å². The first-order valence-electron chi connectivity index (χ1n) is 10.0. The molecule has 1 aliphatic heterocycles. The second-order valence-corrected chi connectivity index (χ2v) is 8.04. The van der Waals surface area contributed by atoms with Gasteiger partial charge in [-0.1, -0.05) is 44.2 Å². The molecule has 2 aromatic rings. The summed E-state index contributed by atoms with van der Waals surface area (Å²) in [6.45, 7) is 13.8. The summed E-state index contributed by atoms with van der Waals surface area (Å²) in [5.41, 5.74) is 4.56. The zero-order chi connectivity index (χ0) is 19.4. The number of carbonyl (C=O) groups is 1. The van der Waals surface area contributed by atoms with Crippen molar-refractivity contribution in [2.75, 3.05) is 26.2 Å². The van der Waals surface area contributed by atoms with Gasteiger partial charge in [-0.2, -0.15) is 5.10 Å². The largest absolute Gasteiger partial charge is 0.340 e. The maximum atomic E-state index is 12.8. The Morgan fingerprint density at radius 3 is 2.37 bits per heavy atom. The van der Waals surface area contributed by atoms with Crippen LogP contribution in [-0.2, 0) is 24.3 Å². The average molecular weight is 369 g/mol. The maximum Gasteiger partial charge on any atom is 0.227 e. The fraction of sp³-hybridized carbons (Fsp3) is 0.545. The Bertz CT molecular complexity index is 758. The molecule has 1 aromatic carbocycles. The normalized spacial score (nSPS) is 15.5. The number of nitrogens with zero attached hydrogens (tertiary/aromatic N) is 4. The van der Waals surface area contributed by atoms with Gasteiger partial charge in [0.15, 0.2) is 0 Å². The molecule has 0 N–H and O–H groups in total. The Balaban J connectivity index is 1.55. The van der Waals surface area contributed by atoms with E-state index in [0.29, 0.717) is 12.3 Å².